The van der Waals surface area contributed by atoms with E-state index in [1.807, 2.05) is 0 Å². The molecule has 0 heterocycles. The molecule has 0 aliphatic rings. The van der Waals surface area contributed by atoms with Crippen LogP contribution in [0.1, 0.15) is 36.6 Å². The zero-order chi connectivity index (χ0) is 20.9. The number of nitrogens with one attached hydrogen (secondary N) is 1. The summed E-state index contributed by atoms with van der Waals surface area (Å²) in [5.41, 5.74) is 4.08. The molecule has 0 aliphatic heterocycles. The van der Waals surface area contributed by atoms with E-state index in [9.17, 15) is 9.59 Å². The summed E-state index contributed by atoms with van der Waals surface area (Å²) in [7, 11) is 0. The molecule has 4 N–H and O–H groups in total. The highest BCUT2D eigenvalue weighted by atomic mass is 16.5. The standard InChI is InChI=1S/C17H22N2O4/c1-4-5-10-23-13-8-6-12(7-9-13)16(22)19-15(14(21)11-20)17(2,3)18/h6-9,15,20H,10-11,18H2,1-3H3,(H,19,22)/t15-/m1/s1/i6D,7D,8D,9D. The van der Waals surface area contributed by atoms with Gasteiger partial charge in [-0.05, 0) is 44.9 Å². The first-order valence-corrected chi connectivity index (χ1v) is 6.83. The summed E-state index contributed by atoms with van der Waals surface area (Å²) in [6, 6.07) is -3.63. The second kappa shape index (κ2) is 8.32. The fourth-order valence-electron chi connectivity index (χ4n) is 1.64. The maximum absolute atomic E-state index is 12.6. The number of ether oxygens (including phenoxy) is 1. The average molecular weight is 322 g/mol. The van der Waals surface area contributed by atoms with Gasteiger partial charge >= 0.3 is 0 Å². The van der Waals surface area contributed by atoms with Gasteiger partial charge in [0.15, 0.2) is 5.78 Å². The van der Waals surface area contributed by atoms with Gasteiger partial charge in [-0.15, -0.1) is 5.92 Å². The first kappa shape index (κ1) is 13.1. The minimum atomic E-state index is -1.28. The average Bonchev–Trinajstić information content (AvgIpc) is 2.59. The van der Waals surface area contributed by atoms with Gasteiger partial charge < -0.3 is 20.9 Å². The number of hydrogen-bond acceptors (Lipinski definition) is 5. The Morgan fingerprint density at radius 1 is 1.43 bits per heavy atom. The Labute approximate surface area is 141 Å². The van der Waals surface area contributed by atoms with Gasteiger partial charge in [0.1, 0.15) is 25.0 Å². The second-order valence-corrected chi connectivity index (χ2v) is 5.27. The molecule has 0 aromatic heterocycles. The van der Waals surface area contributed by atoms with E-state index in [-0.39, 0.29) is 12.4 Å². The van der Waals surface area contributed by atoms with Crippen LogP contribution in [-0.2, 0) is 4.79 Å². The number of ketones is 1. The topological polar surface area (TPSA) is 102 Å². The normalized spacial score (nSPS) is 14.3. The van der Waals surface area contributed by atoms with E-state index in [2.05, 4.69) is 17.2 Å². The van der Waals surface area contributed by atoms with Gasteiger partial charge in [0.2, 0.25) is 0 Å². The van der Waals surface area contributed by atoms with E-state index in [0.29, 0.717) is 0 Å². The molecule has 6 heteroatoms. The molecule has 124 valence electrons. The van der Waals surface area contributed by atoms with Crippen LogP contribution < -0.4 is 15.8 Å². The number of rotatable bonds is 7. The molecule has 1 amide bonds. The third kappa shape index (κ3) is 5.74. The molecule has 0 spiro atoms. The van der Waals surface area contributed by atoms with Gasteiger partial charge in [0.25, 0.3) is 5.91 Å². The molecular formula is C17H22N2O4. The van der Waals surface area contributed by atoms with Gasteiger partial charge in [-0.1, -0.05) is 5.92 Å². The lowest BCUT2D eigenvalue weighted by molar-refractivity contribution is -0.124. The molecule has 0 bridgehead atoms. The molecule has 0 saturated heterocycles. The van der Waals surface area contributed by atoms with Crippen molar-refractivity contribution in [2.75, 3.05) is 13.2 Å². The molecule has 0 saturated carbocycles. The maximum atomic E-state index is 12.6. The van der Waals surface area contributed by atoms with Crippen molar-refractivity contribution in [1.82, 2.24) is 5.32 Å². The summed E-state index contributed by atoms with van der Waals surface area (Å²) in [5, 5.41) is 11.4. The first-order valence-electron chi connectivity index (χ1n) is 8.83. The van der Waals surface area contributed by atoms with Gasteiger partial charge in [-0.2, -0.15) is 0 Å². The van der Waals surface area contributed by atoms with Crippen molar-refractivity contribution in [2.24, 2.45) is 5.73 Å². The highest BCUT2D eigenvalue weighted by molar-refractivity contribution is 5.98. The zero-order valence-electron chi connectivity index (χ0n) is 17.2. The number of Topliss-reactive ketones (excluding diaryl/α,β-unsaturated/α-hetero) is 1. The van der Waals surface area contributed by atoms with Gasteiger partial charge in [-0.25, -0.2) is 0 Å². The van der Waals surface area contributed by atoms with E-state index >= 15 is 0 Å². The SMILES string of the molecule is [2H]c1c([2H])c(C(=O)N[C@H](C(=O)CO)C(C)(C)N)c([2H])c([2H])c1OCC#CC. The summed E-state index contributed by atoms with van der Waals surface area (Å²) in [6.07, 6.45) is 0. The van der Waals surface area contributed by atoms with Crippen LogP contribution in [0.3, 0.4) is 0 Å². The molecule has 6 nitrogen and oxygen atoms in total. The Kier molecular flexibility index (Phi) is 4.74. The number of aliphatic hydroxyl groups excluding tert-OH is 1. The van der Waals surface area contributed by atoms with Crippen LogP contribution >= 0.6 is 0 Å². The predicted molar refractivity (Wildman–Crippen MR) is 87.0 cm³/mol. The van der Waals surface area contributed by atoms with Crippen molar-refractivity contribution in [3.8, 4) is 17.6 Å². The van der Waals surface area contributed by atoms with Crippen molar-refractivity contribution in [1.29, 1.82) is 0 Å². The van der Waals surface area contributed by atoms with E-state index < -0.39 is 59.6 Å². The van der Waals surface area contributed by atoms with E-state index in [1.54, 1.807) is 6.92 Å². The molecule has 0 aliphatic carbocycles. The van der Waals surface area contributed by atoms with Gasteiger partial charge in [0.05, 0.1) is 5.48 Å². The summed E-state index contributed by atoms with van der Waals surface area (Å²) < 4.78 is 37.1. The van der Waals surface area contributed by atoms with E-state index in [0.717, 1.165) is 0 Å². The molecule has 1 rings (SSSR count). The Morgan fingerprint density at radius 3 is 2.52 bits per heavy atom. The lowest BCUT2D eigenvalue weighted by Crippen LogP contribution is -2.59. The smallest absolute Gasteiger partial charge is 0.251 e. The maximum Gasteiger partial charge on any atom is 0.251 e. The Balaban J connectivity index is 3.35. The second-order valence-electron chi connectivity index (χ2n) is 5.27. The van der Waals surface area contributed by atoms with Crippen LogP contribution in [0.4, 0.5) is 0 Å². The number of carbonyl (C=O) groups is 2. The number of amides is 1. The largest absolute Gasteiger partial charge is 0.481 e. The summed E-state index contributed by atoms with van der Waals surface area (Å²) >= 11 is 0. The summed E-state index contributed by atoms with van der Waals surface area (Å²) in [4.78, 5) is 24.5. The van der Waals surface area contributed by atoms with Crippen molar-refractivity contribution >= 4 is 11.7 Å². The van der Waals surface area contributed by atoms with Crippen LogP contribution in [0.25, 0.3) is 0 Å². The van der Waals surface area contributed by atoms with Crippen LogP contribution in [-0.4, -0.2) is 41.6 Å². The fourth-order valence-corrected chi connectivity index (χ4v) is 1.64. The number of benzene rings is 1. The summed E-state index contributed by atoms with van der Waals surface area (Å²) in [6.45, 7) is 3.52. The molecule has 1 aromatic carbocycles. The van der Waals surface area contributed by atoms with Crippen LogP contribution in [0.15, 0.2) is 24.2 Å². The van der Waals surface area contributed by atoms with Gasteiger partial charge in [0, 0.05) is 11.1 Å². The Morgan fingerprint density at radius 2 is 2.04 bits per heavy atom. The van der Waals surface area contributed by atoms with Gasteiger partial charge in [-0.3, -0.25) is 9.59 Å². The zero-order valence-corrected chi connectivity index (χ0v) is 13.2. The van der Waals surface area contributed by atoms with Crippen molar-refractivity contribution in [2.45, 2.75) is 32.4 Å². The Bertz CT molecular complexity index is 781. The van der Waals surface area contributed by atoms with Crippen molar-refractivity contribution in [3.05, 3.63) is 29.7 Å². The number of nitrogens with two attached hydrogens (primary N) is 1. The van der Waals surface area contributed by atoms with Crippen molar-refractivity contribution in [3.63, 3.8) is 0 Å². The van der Waals surface area contributed by atoms with Crippen LogP contribution in [0.2, 0.25) is 0 Å². The molecule has 0 radical (unpaired) electrons. The quantitative estimate of drug-likeness (QED) is 0.634. The molecular weight excluding hydrogens is 296 g/mol. The minimum Gasteiger partial charge on any atom is -0.481 e. The molecule has 23 heavy (non-hydrogen) atoms. The predicted octanol–water partition coefficient (Wildman–Crippen LogP) is 0.486. The highest BCUT2D eigenvalue weighted by Crippen LogP contribution is 2.13. The monoisotopic (exact) mass is 322 g/mol. The number of hydrogen-bond donors (Lipinski definition) is 3. The minimum absolute atomic E-state index is 0.132. The van der Waals surface area contributed by atoms with E-state index in [1.165, 1.54) is 13.8 Å². The Hall–Kier alpha value is -2.36. The van der Waals surface area contributed by atoms with Crippen molar-refractivity contribution < 1.29 is 24.9 Å². The fraction of sp³-hybridized carbons (Fsp3) is 0.412. The van der Waals surface area contributed by atoms with Crippen LogP contribution in [0.5, 0.6) is 5.75 Å². The summed E-state index contributed by atoms with van der Waals surface area (Å²) in [5.74, 6) is 3.05. The molecule has 0 fully saturated rings. The lowest BCUT2D eigenvalue weighted by Gasteiger charge is -2.29. The van der Waals surface area contributed by atoms with E-state index in [4.69, 9.17) is 21.1 Å². The molecule has 0 unspecified atom stereocenters. The first-order chi connectivity index (χ1) is 12.5. The highest BCUT2D eigenvalue weighted by Gasteiger charge is 2.32. The molecule has 1 aromatic rings. The number of carbonyl (C=O) groups excluding carboxylic acids is 2. The third-order valence-corrected chi connectivity index (χ3v) is 2.79. The number of aliphatic hydroxyl groups is 1. The third-order valence-electron chi connectivity index (χ3n) is 2.79. The molecule has 1 atom stereocenters. The van der Waals surface area contributed by atoms with Crippen LogP contribution in [0, 0.1) is 11.8 Å². The lowest BCUT2D eigenvalue weighted by atomic mass is 9.92.